The number of fused-ring (bicyclic) bond motifs is 1. The van der Waals surface area contributed by atoms with Crippen LogP contribution >= 0.6 is 0 Å². The number of carbonyl (C=O) groups excluding carboxylic acids is 1. The number of ether oxygens (including phenoxy) is 1. The first kappa shape index (κ1) is 21.7. The van der Waals surface area contributed by atoms with Crippen molar-refractivity contribution in [3.63, 3.8) is 0 Å². The fraction of sp³-hybridized carbons (Fsp3) is 0.375. The normalized spacial score (nSPS) is 12.1. The Morgan fingerprint density at radius 1 is 1.13 bits per heavy atom. The van der Waals surface area contributed by atoms with Gasteiger partial charge in [-0.15, -0.1) is 0 Å². The van der Waals surface area contributed by atoms with E-state index in [4.69, 9.17) is 9.72 Å². The van der Waals surface area contributed by atoms with Crippen LogP contribution in [0.2, 0.25) is 0 Å². The minimum absolute atomic E-state index is 0.0867. The highest BCUT2D eigenvalue weighted by atomic mass is 16.5. The van der Waals surface area contributed by atoms with E-state index in [0.29, 0.717) is 42.0 Å². The quantitative estimate of drug-likeness (QED) is 0.569. The number of nitrogens with zero attached hydrogens (tertiary/aromatic N) is 3. The van der Waals surface area contributed by atoms with E-state index in [1.165, 1.54) is 5.56 Å². The molecule has 0 fully saturated rings. The van der Waals surface area contributed by atoms with Gasteiger partial charge in [-0.05, 0) is 50.1 Å². The molecule has 0 aliphatic carbocycles. The van der Waals surface area contributed by atoms with E-state index in [2.05, 4.69) is 6.92 Å². The van der Waals surface area contributed by atoms with Gasteiger partial charge in [0.25, 0.3) is 11.5 Å². The lowest BCUT2D eigenvalue weighted by Gasteiger charge is -2.30. The van der Waals surface area contributed by atoms with Crippen LogP contribution in [0.1, 0.15) is 48.6 Å². The summed E-state index contributed by atoms with van der Waals surface area (Å²) >= 11 is 0. The van der Waals surface area contributed by atoms with Gasteiger partial charge in [-0.3, -0.25) is 14.2 Å². The first-order valence-electron chi connectivity index (χ1n) is 10.4. The molecule has 1 aromatic heterocycles. The van der Waals surface area contributed by atoms with Crippen molar-refractivity contribution in [2.75, 3.05) is 20.3 Å². The van der Waals surface area contributed by atoms with Crippen molar-refractivity contribution in [1.82, 2.24) is 14.5 Å². The topological polar surface area (TPSA) is 64.4 Å². The van der Waals surface area contributed by atoms with E-state index in [0.717, 1.165) is 6.42 Å². The fourth-order valence-corrected chi connectivity index (χ4v) is 3.66. The Labute approximate surface area is 177 Å². The van der Waals surface area contributed by atoms with Crippen LogP contribution in [0, 0.1) is 0 Å². The molecule has 0 aliphatic heterocycles. The van der Waals surface area contributed by atoms with Gasteiger partial charge in [-0.2, -0.15) is 0 Å². The summed E-state index contributed by atoms with van der Waals surface area (Å²) < 4.78 is 6.90. The van der Waals surface area contributed by atoms with Crippen LogP contribution in [0.3, 0.4) is 0 Å². The molecule has 30 heavy (non-hydrogen) atoms. The molecule has 1 heterocycles. The second kappa shape index (κ2) is 9.67. The molecule has 0 spiro atoms. The van der Waals surface area contributed by atoms with E-state index < -0.39 is 6.04 Å². The number of hydrogen-bond donors (Lipinski definition) is 0. The Hall–Kier alpha value is -2.99. The molecule has 0 aliphatic rings. The van der Waals surface area contributed by atoms with Crippen LogP contribution in [0.4, 0.5) is 0 Å². The number of methoxy groups -OCH3 is 1. The van der Waals surface area contributed by atoms with Gasteiger partial charge in [-0.25, -0.2) is 4.98 Å². The molecule has 0 radical (unpaired) electrons. The Balaban J connectivity index is 2.05. The minimum atomic E-state index is -0.393. The number of carbonyl (C=O) groups is 1. The van der Waals surface area contributed by atoms with Crippen LogP contribution < -0.4 is 5.56 Å². The standard InChI is InChI=1S/C24H29N3O3/c1-5-18-11-13-19(14-12-18)23(28)27(15-16-30-4)17(3)22-25-21-10-8-7-9-20(21)24(29)26(22)6-2/h7-14,17H,5-6,15-16H2,1-4H3/t17-/m1/s1. The number of para-hydroxylation sites is 1. The molecule has 0 bridgehead atoms. The smallest absolute Gasteiger partial charge is 0.261 e. The van der Waals surface area contributed by atoms with Crippen LogP contribution in [0.25, 0.3) is 10.9 Å². The van der Waals surface area contributed by atoms with Gasteiger partial charge >= 0.3 is 0 Å². The molecule has 158 valence electrons. The first-order chi connectivity index (χ1) is 14.5. The highest BCUT2D eigenvalue weighted by molar-refractivity contribution is 5.94. The summed E-state index contributed by atoms with van der Waals surface area (Å²) in [4.78, 5) is 32.9. The average molecular weight is 408 g/mol. The van der Waals surface area contributed by atoms with E-state index in [9.17, 15) is 9.59 Å². The van der Waals surface area contributed by atoms with Crippen molar-refractivity contribution >= 4 is 16.8 Å². The molecule has 2 aromatic carbocycles. The van der Waals surface area contributed by atoms with Crippen LogP contribution in [0.15, 0.2) is 53.3 Å². The summed E-state index contributed by atoms with van der Waals surface area (Å²) in [7, 11) is 1.61. The maximum absolute atomic E-state index is 13.4. The van der Waals surface area contributed by atoms with E-state index >= 15 is 0 Å². The Kier molecular flexibility index (Phi) is 7.00. The number of hydrogen-bond acceptors (Lipinski definition) is 4. The lowest BCUT2D eigenvalue weighted by atomic mass is 10.1. The average Bonchev–Trinajstić information content (AvgIpc) is 2.79. The van der Waals surface area contributed by atoms with Crippen LogP contribution in [-0.4, -0.2) is 40.6 Å². The van der Waals surface area contributed by atoms with Gasteiger partial charge in [0.1, 0.15) is 5.82 Å². The van der Waals surface area contributed by atoms with Crippen molar-refractivity contribution in [1.29, 1.82) is 0 Å². The van der Waals surface area contributed by atoms with Gasteiger partial charge in [0, 0.05) is 25.8 Å². The summed E-state index contributed by atoms with van der Waals surface area (Å²) in [5, 5.41) is 0.584. The molecule has 0 unspecified atom stereocenters. The predicted octanol–water partition coefficient (Wildman–Crippen LogP) is 3.83. The SMILES string of the molecule is CCc1ccc(C(=O)N(CCOC)[C@H](C)c2nc3ccccc3c(=O)n2CC)cc1. The number of rotatable bonds is 8. The predicted molar refractivity (Wildman–Crippen MR) is 119 cm³/mol. The Morgan fingerprint density at radius 3 is 2.47 bits per heavy atom. The van der Waals surface area contributed by atoms with Crippen molar-refractivity contribution in [2.45, 2.75) is 39.8 Å². The largest absolute Gasteiger partial charge is 0.383 e. The highest BCUT2D eigenvalue weighted by Crippen LogP contribution is 2.22. The third-order valence-electron chi connectivity index (χ3n) is 5.45. The molecule has 0 N–H and O–H groups in total. The lowest BCUT2D eigenvalue weighted by molar-refractivity contribution is 0.0603. The molecule has 6 heteroatoms. The molecular weight excluding hydrogens is 378 g/mol. The third kappa shape index (κ3) is 4.28. The van der Waals surface area contributed by atoms with Crippen LogP contribution in [0.5, 0.6) is 0 Å². The fourth-order valence-electron chi connectivity index (χ4n) is 3.66. The Bertz CT molecular complexity index is 1070. The molecule has 0 saturated carbocycles. The van der Waals surface area contributed by atoms with Gasteiger partial charge in [0.05, 0.1) is 23.6 Å². The minimum Gasteiger partial charge on any atom is -0.383 e. The maximum Gasteiger partial charge on any atom is 0.261 e. The molecule has 6 nitrogen and oxygen atoms in total. The van der Waals surface area contributed by atoms with Gasteiger partial charge < -0.3 is 9.64 Å². The van der Waals surface area contributed by atoms with Crippen molar-refractivity contribution < 1.29 is 9.53 Å². The second-order valence-corrected chi connectivity index (χ2v) is 7.25. The van der Waals surface area contributed by atoms with E-state index in [1.54, 1.807) is 22.6 Å². The monoisotopic (exact) mass is 407 g/mol. The third-order valence-corrected chi connectivity index (χ3v) is 5.45. The summed E-state index contributed by atoms with van der Waals surface area (Å²) in [6, 6.07) is 14.6. The lowest BCUT2D eigenvalue weighted by Crippen LogP contribution is -2.39. The van der Waals surface area contributed by atoms with Gasteiger partial charge in [0.2, 0.25) is 0 Å². The number of benzene rings is 2. The zero-order chi connectivity index (χ0) is 21.7. The van der Waals surface area contributed by atoms with Crippen LogP contribution in [-0.2, 0) is 17.7 Å². The zero-order valence-electron chi connectivity index (χ0n) is 18.1. The summed E-state index contributed by atoms with van der Waals surface area (Å²) in [5.74, 6) is 0.475. The molecule has 1 atom stereocenters. The summed E-state index contributed by atoms with van der Waals surface area (Å²) in [6.45, 7) is 7.19. The number of amides is 1. The van der Waals surface area contributed by atoms with Crippen molar-refractivity contribution in [2.24, 2.45) is 0 Å². The second-order valence-electron chi connectivity index (χ2n) is 7.25. The number of aromatic nitrogens is 2. The number of aryl methyl sites for hydroxylation is 1. The van der Waals surface area contributed by atoms with Gasteiger partial charge in [-0.1, -0.05) is 31.2 Å². The highest BCUT2D eigenvalue weighted by Gasteiger charge is 2.26. The zero-order valence-corrected chi connectivity index (χ0v) is 18.1. The summed E-state index contributed by atoms with van der Waals surface area (Å²) in [6.07, 6.45) is 0.919. The molecule has 0 saturated heterocycles. The molecular formula is C24H29N3O3. The van der Waals surface area contributed by atoms with E-state index in [1.807, 2.05) is 56.3 Å². The molecule has 3 rings (SSSR count). The molecule has 3 aromatic rings. The molecule has 1 amide bonds. The van der Waals surface area contributed by atoms with Gasteiger partial charge in [0.15, 0.2) is 0 Å². The Morgan fingerprint density at radius 2 is 1.83 bits per heavy atom. The van der Waals surface area contributed by atoms with E-state index in [-0.39, 0.29) is 11.5 Å². The van der Waals surface area contributed by atoms with Crippen molar-refractivity contribution in [3.05, 3.63) is 75.8 Å². The van der Waals surface area contributed by atoms with Crippen molar-refractivity contribution in [3.8, 4) is 0 Å². The maximum atomic E-state index is 13.4. The first-order valence-corrected chi connectivity index (χ1v) is 10.4. The summed E-state index contributed by atoms with van der Waals surface area (Å²) in [5.41, 5.74) is 2.34.